The van der Waals surface area contributed by atoms with Gasteiger partial charge in [0.1, 0.15) is 0 Å². The predicted molar refractivity (Wildman–Crippen MR) is 86.0 cm³/mol. The van der Waals surface area contributed by atoms with Crippen molar-refractivity contribution in [2.24, 2.45) is 0 Å². The molecule has 0 radical (unpaired) electrons. The molecule has 0 aliphatic heterocycles. The van der Waals surface area contributed by atoms with E-state index >= 15 is 0 Å². The second-order valence-electron chi connectivity index (χ2n) is 4.77. The summed E-state index contributed by atoms with van der Waals surface area (Å²) in [4.78, 5) is 16.6. The number of anilines is 1. The second-order valence-corrected chi connectivity index (χ2v) is 6.83. The van der Waals surface area contributed by atoms with Crippen LogP contribution in [0.4, 0.5) is 19.0 Å². The number of halogens is 4. The molecular weight excluding hydrogens is 399 g/mol. The minimum atomic E-state index is -4.64. The summed E-state index contributed by atoms with van der Waals surface area (Å²) in [5.74, 6) is -1.23. The fourth-order valence-electron chi connectivity index (χ4n) is 1.83. The summed E-state index contributed by atoms with van der Waals surface area (Å²) in [6, 6.07) is 5.80. The molecule has 0 amide bonds. The van der Waals surface area contributed by atoms with Crippen molar-refractivity contribution in [3.63, 3.8) is 0 Å². The lowest BCUT2D eigenvalue weighted by Gasteiger charge is -2.13. The van der Waals surface area contributed by atoms with E-state index in [-0.39, 0.29) is 11.4 Å². The van der Waals surface area contributed by atoms with Gasteiger partial charge < -0.3 is 4.74 Å². The molecule has 2 rings (SSSR count). The number of nitrogens with one attached hydrogen (secondary N) is 2. The van der Waals surface area contributed by atoms with E-state index in [1.165, 1.54) is 18.2 Å². The first-order valence-electron chi connectivity index (χ1n) is 6.74. The third-order valence-electron chi connectivity index (χ3n) is 3.05. The van der Waals surface area contributed by atoms with Crippen molar-refractivity contribution in [1.29, 1.82) is 0 Å². The van der Waals surface area contributed by atoms with Gasteiger partial charge in [0, 0.05) is 6.20 Å². The number of benzene rings is 1. The highest BCUT2D eigenvalue weighted by Crippen LogP contribution is 2.32. The third kappa shape index (κ3) is 4.42. The first-order chi connectivity index (χ1) is 12.1. The maximum absolute atomic E-state index is 12.6. The van der Waals surface area contributed by atoms with Crippen molar-refractivity contribution in [3.8, 4) is 0 Å². The molecular formula is C14H11ClF3N3O4S. The van der Waals surface area contributed by atoms with Crippen LogP contribution in [0.3, 0.4) is 0 Å². The van der Waals surface area contributed by atoms with Crippen LogP contribution in [-0.2, 0) is 20.9 Å². The zero-order valence-electron chi connectivity index (χ0n) is 13.0. The minimum Gasteiger partial charge on any atom is -0.465 e. The summed E-state index contributed by atoms with van der Waals surface area (Å²) in [7, 11) is -3.20. The fraction of sp³-hybridized carbons (Fsp3) is 0.143. The van der Waals surface area contributed by atoms with Gasteiger partial charge in [-0.2, -0.15) is 13.2 Å². The Morgan fingerprint density at radius 3 is 2.50 bits per heavy atom. The molecule has 7 nitrogen and oxygen atoms in total. The van der Waals surface area contributed by atoms with Gasteiger partial charge in [-0.15, -0.1) is 4.83 Å². The van der Waals surface area contributed by atoms with Gasteiger partial charge in [-0.3, -0.25) is 5.43 Å². The second kappa shape index (κ2) is 7.48. The largest absolute Gasteiger partial charge is 0.465 e. The molecule has 0 unspecified atom stereocenters. The number of aromatic nitrogens is 1. The van der Waals surface area contributed by atoms with Gasteiger partial charge in [0.2, 0.25) is 0 Å². The van der Waals surface area contributed by atoms with Crippen LogP contribution in [0.2, 0.25) is 5.02 Å². The van der Waals surface area contributed by atoms with Gasteiger partial charge in [-0.25, -0.2) is 18.2 Å². The Balaban J connectivity index is 2.26. The number of nitrogens with zero attached hydrogens (tertiary/aromatic N) is 1. The molecule has 0 atom stereocenters. The van der Waals surface area contributed by atoms with E-state index in [0.717, 1.165) is 13.2 Å². The quantitative estimate of drug-likeness (QED) is 0.582. The number of carbonyl (C=O) groups excluding carboxylic acids is 1. The molecule has 0 spiro atoms. The van der Waals surface area contributed by atoms with E-state index in [0.29, 0.717) is 12.3 Å². The number of hydrogen-bond donors (Lipinski definition) is 2. The van der Waals surface area contributed by atoms with Crippen molar-refractivity contribution in [1.82, 2.24) is 9.82 Å². The summed E-state index contributed by atoms with van der Waals surface area (Å²) < 4.78 is 66.9. The topological polar surface area (TPSA) is 97.4 Å². The Hall–Kier alpha value is -2.37. The summed E-state index contributed by atoms with van der Waals surface area (Å²) in [6.07, 6.45) is -4.15. The molecule has 26 heavy (non-hydrogen) atoms. The van der Waals surface area contributed by atoms with Crippen LogP contribution >= 0.6 is 11.6 Å². The van der Waals surface area contributed by atoms with Crippen molar-refractivity contribution < 1.29 is 31.1 Å². The van der Waals surface area contributed by atoms with Crippen molar-refractivity contribution in [2.45, 2.75) is 11.1 Å². The molecule has 140 valence electrons. The molecule has 1 aromatic heterocycles. The Bertz CT molecular complexity index is 935. The van der Waals surface area contributed by atoms with E-state index in [2.05, 4.69) is 15.1 Å². The SMILES string of the molecule is COC(=O)c1ccccc1S(=O)(=O)NNc1ncc(C(F)(F)F)cc1Cl. The zero-order valence-corrected chi connectivity index (χ0v) is 14.5. The molecule has 2 N–H and O–H groups in total. The van der Waals surface area contributed by atoms with Crippen LogP contribution in [0.1, 0.15) is 15.9 Å². The van der Waals surface area contributed by atoms with Crippen LogP contribution in [-0.4, -0.2) is 26.5 Å². The standard InChI is InChI=1S/C14H11ClF3N3O4S/c1-25-13(22)9-4-2-3-5-11(9)26(23,24)21-20-12-10(15)6-8(7-19-12)14(16,17)18/h2-7,21H,1H3,(H,19,20). The molecule has 0 aliphatic rings. The fourth-order valence-corrected chi connectivity index (χ4v) is 3.09. The van der Waals surface area contributed by atoms with Gasteiger partial charge in [0.25, 0.3) is 10.0 Å². The molecule has 0 bridgehead atoms. The first-order valence-corrected chi connectivity index (χ1v) is 8.60. The molecule has 1 aromatic carbocycles. The van der Waals surface area contributed by atoms with Gasteiger partial charge in [0.05, 0.1) is 28.2 Å². The lowest BCUT2D eigenvalue weighted by Crippen LogP contribution is -2.31. The summed E-state index contributed by atoms with van der Waals surface area (Å²) in [6.45, 7) is 0. The average Bonchev–Trinajstić information content (AvgIpc) is 2.59. The lowest BCUT2D eigenvalue weighted by atomic mass is 10.2. The highest BCUT2D eigenvalue weighted by Gasteiger charge is 2.31. The number of sulfonamides is 1. The highest BCUT2D eigenvalue weighted by molar-refractivity contribution is 7.89. The molecule has 0 aliphatic carbocycles. The Labute approximate surface area is 151 Å². The lowest BCUT2D eigenvalue weighted by molar-refractivity contribution is -0.137. The Morgan fingerprint density at radius 1 is 1.27 bits per heavy atom. The van der Waals surface area contributed by atoms with Gasteiger partial charge in [0.15, 0.2) is 5.82 Å². The number of hydrogen-bond acceptors (Lipinski definition) is 6. The number of carbonyl (C=O) groups is 1. The maximum Gasteiger partial charge on any atom is 0.417 e. The van der Waals surface area contributed by atoms with E-state index < -0.39 is 37.7 Å². The zero-order chi connectivity index (χ0) is 19.5. The average molecular weight is 410 g/mol. The molecule has 2 aromatic rings. The number of alkyl halides is 3. The van der Waals surface area contributed by atoms with E-state index in [4.69, 9.17) is 11.6 Å². The summed E-state index contributed by atoms with van der Waals surface area (Å²) in [5.41, 5.74) is 0.797. The van der Waals surface area contributed by atoms with Crippen LogP contribution in [0, 0.1) is 0 Å². The smallest absolute Gasteiger partial charge is 0.417 e. The van der Waals surface area contributed by atoms with Crippen LogP contribution in [0.25, 0.3) is 0 Å². The number of pyridine rings is 1. The predicted octanol–water partition coefficient (Wildman–Crippen LogP) is 2.85. The summed E-state index contributed by atoms with van der Waals surface area (Å²) in [5, 5.41) is -0.455. The number of ether oxygens (including phenoxy) is 1. The minimum absolute atomic E-state index is 0.226. The summed E-state index contributed by atoms with van der Waals surface area (Å²) >= 11 is 5.68. The van der Waals surface area contributed by atoms with Gasteiger partial charge >= 0.3 is 12.1 Å². The first kappa shape index (κ1) is 19.9. The third-order valence-corrected chi connectivity index (χ3v) is 4.65. The van der Waals surface area contributed by atoms with Crippen LogP contribution < -0.4 is 10.3 Å². The van der Waals surface area contributed by atoms with Crippen LogP contribution in [0.15, 0.2) is 41.4 Å². The molecule has 0 saturated carbocycles. The monoisotopic (exact) mass is 409 g/mol. The Kier molecular flexibility index (Phi) is 5.74. The van der Waals surface area contributed by atoms with E-state index in [9.17, 15) is 26.4 Å². The van der Waals surface area contributed by atoms with Crippen molar-refractivity contribution in [2.75, 3.05) is 12.5 Å². The molecule has 0 fully saturated rings. The van der Waals surface area contributed by atoms with Gasteiger partial charge in [-0.05, 0) is 18.2 Å². The van der Waals surface area contributed by atoms with E-state index in [1.54, 1.807) is 0 Å². The Morgan fingerprint density at radius 2 is 1.92 bits per heavy atom. The molecule has 1 heterocycles. The van der Waals surface area contributed by atoms with Gasteiger partial charge in [-0.1, -0.05) is 23.7 Å². The number of hydrazine groups is 1. The van der Waals surface area contributed by atoms with E-state index in [1.807, 2.05) is 4.83 Å². The maximum atomic E-state index is 12.6. The normalized spacial score (nSPS) is 11.9. The van der Waals surface area contributed by atoms with Crippen LogP contribution in [0.5, 0.6) is 0 Å². The van der Waals surface area contributed by atoms with Crippen molar-refractivity contribution in [3.05, 3.63) is 52.7 Å². The van der Waals surface area contributed by atoms with Crippen molar-refractivity contribution >= 4 is 33.4 Å². The number of esters is 1. The highest BCUT2D eigenvalue weighted by atomic mass is 35.5. The number of methoxy groups -OCH3 is 1. The molecule has 12 heteroatoms. The molecule has 0 saturated heterocycles. The number of rotatable bonds is 5.